The van der Waals surface area contributed by atoms with Crippen LogP contribution in [0.25, 0.3) is 0 Å². The molecule has 0 saturated heterocycles. The largest absolute Gasteiger partial charge is 0.454 e. The standard InChI is InChI=1S/C21H21NO4S/c1-2-3-14-4-6-15(7-5-14)18(23)13-26-21(25)16-8-9-19-17(12-16)22-20(24)10-11-27-19/h4-9,12H,2-3,10-11,13H2,1H3,(H,22,24). The second kappa shape index (κ2) is 8.86. The number of hydrogen-bond donors (Lipinski definition) is 1. The molecule has 140 valence electrons. The van der Waals surface area contributed by atoms with Gasteiger partial charge in [-0.05, 0) is 30.2 Å². The van der Waals surface area contributed by atoms with Gasteiger partial charge in [0.15, 0.2) is 12.4 Å². The van der Waals surface area contributed by atoms with Gasteiger partial charge in [-0.1, -0.05) is 37.6 Å². The number of Topliss-reactive ketones (excluding diaryl/α,β-unsaturated/α-hetero) is 1. The molecule has 0 aliphatic carbocycles. The summed E-state index contributed by atoms with van der Waals surface area (Å²) in [5.74, 6) is -0.204. The second-order valence-electron chi connectivity index (χ2n) is 6.30. The fraction of sp³-hybridized carbons (Fsp3) is 0.286. The van der Waals surface area contributed by atoms with Gasteiger partial charge >= 0.3 is 5.97 Å². The number of nitrogens with one attached hydrogen (secondary N) is 1. The number of ketones is 1. The van der Waals surface area contributed by atoms with Crippen LogP contribution in [0.5, 0.6) is 0 Å². The van der Waals surface area contributed by atoms with Gasteiger partial charge in [0.2, 0.25) is 5.91 Å². The Balaban J connectivity index is 1.62. The lowest BCUT2D eigenvalue weighted by molar-refractivity contribution is -0.115. The van der Waals surface area contributed by atoms with Crippen molar-refractivity contribution in [2.75, 3.05) is 17.7 Å². The quantitative estimate of drug-likeness (QED) is 0.600. The van der Waals surface area contributed by atoms with Crippen LogP contribution in [0.1, 0.15) is 46.0 Å². The Morgan fingerprint density at radius 1 is 1.11 bits per heavy atom. The zero-order chi connectivity index (χ0) is 19.2. The number of hydrogen-bond acceptors (Lipinski definition) is 5. The molecule has 0 fully saturated rings. The van der Waals surface area contributed by atoms with Gasteiger partial charge in [0, 0.05) is 22.6 Å². The fourth-order valence-electron chi connectivity index (χ4n) is 2.79. The van der Waals surface area contributed by atoms with Crippen molar-refractivity contribution in [1.29, 1.82) is 0 Å². The summed E-state index contributed by atoms with van der Waals surface area (Å²) in [4.78, 5) is 37.1. The van der Waals surface area contributed by atoms with Crippen LogP contribution in [0.15, 0.2) is 47.4 Å². The van der Waals surface area contributed by atoms with Gasteiger partial charge in [-0.2, -0.15) is 0 Å². The number of thioether (sulfide) groups is 1. The van der Waals surface area contributed by atoms with Crippen molar-refractivity contribution >= 4 is 35.1 Å². The molecule has 0 radical (unpaired) electrons. The maximum atomic E-state index is 12.3. The first kappa shape index (κ1) is 19.2. The Kier molecular flexibility index (Phi) is 6.29. The van der Waals surface area contributed by atoms with E-state index in [-0.39, 0.29) is 18.3 Å². The highest BCUT2D eigenvalue weighted by atomic mass is 32.2. The van der Waals surface area contributed by atoms with Crippen LogP contribution in [-0.2, 0) is 16.0 Å². The molecule has 2 aromatic rings. The van der Waals surface area contributed by atoms with Crippen molar-refractivity contribution in [3.63, 3.8) is 0 Å². The second-order valence-corrected chi connectivity index (χ2v) is 7.44. The first-order chi connectivity index (χ1) is 13.1. The Morgan fingerprint density at radius 3 is 2.59 bits per heavy atom. The zero-order valence-electron chi connectivity index (χ0n) is 15.1. The number of benzene rings is 2. The summed E-state index contributed by atoms with van der Waals surface area (Å²) in [7, 11) is 0. The number of anilines is 1. The number of amides is 1. The van der Waals surface area contributed by atoms with Crippen LogP contribution in [0.4, 0.5) is 5.69 Å². The Hall–Kier alpha value is -2.60. The van der Waals surface area contributed by atoms with Gasteiger partial charge in [0.25, 0.3) is 0 Å². The molecule has 0 bridgehead atoms. The summed E-state index contributed by atoms with van der Waals surface area (Å²) in [5.41, 5.74) is 2.61. The molecule has 2 aromatic carbocycles. The van der Waals surface area contributed by atoms with Crippen LogP contribution in [0, 0.1) is 0 Å². The molecular formula is C21H21NO4S. The Bertz CT molecular complexity index is 861. The topological polar surface area (TPSA) is 72.5 Å². The van der Waals surface area contributed by atoms with E-state index >= 15 is 0 Å². The van der Waals surface area contributed by atoms with Crippen LogP contribution < -0.4 is 5.32 Å². The van der Waals surface area contributed by atoms with Crippen molar-refractivity contribution in [2.45, 2.75) is 31.1 Å². The van der Waals surface area contributed by atoms with E-state index in [2.05, 4.69) is 12.2 Å². The van der Waals surface area contributed by atoms with Crippen molar-refractivity contribution in [3.05, 3.63) is 59.2 Å². The van der Waals surface area contributed by atoms with Gasteiger partial charge in [0.1, 0.15) is 0 Å². The molecule has 0 saturated carbocycles. The van der Waals surface area contributed by atoms with Crippen LogP contribution in [0.3, 0.4) is 0 Å². The van der Waals surface area contributed by atoms with E-state index in [0.717, 1.165) is 17.7 Å². The van der Waals surface area contributed by atoms with E-state index in [1.54, 1.807) is 42.1 Å². The molecule has 1 N–H and O–H groups in total. The molecule has 0 atom stereocenters. The first-order valence-electron chi connectivity index (χ1n) is 8.93. The minimum atomic E-state index is -0.586. The zero-order valence-corrected chi connectivity index (χ0v) is 15.9. The van der Waals surface area contributed by atoms with E-state index in [1.165, 1.54) is 5.56 Å². The fourth-order valence-corrected chi connectivity index (χ4v) is 3.73. The molecule has 27 heavy (non-hydrogen) atoms. The highest BCUT2D eigenvalue weighted by molar-refractivity contribution is 7.99. The number of carbonyl (C=O) groups is 3. The third-order valence-corrected chi connectivity index (χ3v) is 5.30. The monoisotopic (exact) mass is 383 g/mol. The minimum Gasteiger partial charge on any atom is -0.454 e. The number of ether oxygens (including phenoxy) is 1. The maximum Gasteiger partial charge on any atom is 0.338 e. The summed E-state index contributed by atoms with van der Waals surface area (Å²) < 4.78 is 5.16. The number of aryl methyl sites for hydroxylation is 1. The summed E-state index contributed by atoms with van der Waals surface area (Å²) in [6.07, 6.45) is 2.45. The SMILES string of the molecule is CCCc1ccc(C(=O)COC(=O)c2ccc3c(c2)NC(=O)CCS3)cc1. The van der Waals surface area contributed by atoms with Gasteiger partial charge < -0.3 is 10.1 Å². The van der Waals surface area contributed by atoms with Gasteiger partial charge in [-0.3, -0.25) is 9.59 Å². The van der Waals surface area contributed by atoms with Crippen LogP contribution in [-0.4, -0.2) is 30.0 Å². The predicted molar refractivity (Wildman–Crippen MR) is 105 cm³/mol. The summed E-state index contributed by atoms with van der Waals surface area (Å²) in [6.45, 7) is 1.79. The Morgan fingerprint density at radius 2 is 1.85 bits per heavy atom. The molecule has 1 aliphatic rings. The number of esters is 1. The molecule has 0 aromatic heterocycles. The Labute approximate surface area is 162 Å². The molecule has 0 unspecified atom stereocenters. The lowest BCUT2D eigenvalue weighted by Crippen LogP contribution is -2.15. The maximum absolute atomic E-state index is 12.3. The molecule has 0 spiro atoms. The highest BCUT2D eigenvalue weighted by Gasteiger charge is 2.17. The number of rotatable bonds is 6. The van der Waals surface area contributed by atoms with Crippen LogP contribution >= 0.6 is 11.8 Å². The molecule has 1 amide bonds. The summed E-state index contributed by atoms with van der Waals surface area (Å²) >= 11 is 1.56. The van der Waals surface area contributed by atoms with E-state index in [9.17, 15) is 14.4 Å². The molecule has 1 heterocycles. The minimum absolute atomic E-state index is 0.0755. The van der Waals surface area contributed by atoms with Crippen molar-refractivity contribution in [3.8, 4) is 0 Å². The van der Waals surface area contributed by atoms with Gasteiger partial charge in [-0.25, -0.2) is 4.79 Å². The molecule has 1 aliphatic heterocycles. The molecular weight excluding hydrogens is 362 g/mol. The molecule has 5 nitrogen and oxygen atoms in total. The van der Waals surface area contributed by atoms with Crippen LogP contribution in [0.2, 0.25) is 0 Å². The normalized spacial score (nSPS) is 13.3. The van der Waals surface area contributed by atoms with Crippen molar-refractivity contribution in [1.82, 2.24) is 0 Å². The third-order valence-electron chi connectivity index (χ3n) is 4.22. The third kappa shape index (κ3) is 4.98. The van der Waals surface area contributed by atoms with E-state index in [4.69, 9.17) is 4.74 Å². The smallest absolute Gasteiger partial charge is 0.338 e. The number of carbonyl (C=O) groups excluding carboxylic acids is 3. The number of fused-ring (bicyclic) bond motifs is 1. The average Bonchev–Trinajstić information content (AvgIpc) is 2.86. The lowest BCUT2D eigenvalue weighted by atomic mass is 10.1. The van der Waals surface area contributed by atoms with E-state index < -0.39 is 5.97 Å². The van der Waals surface area contributed by atoms with E-state index in [0.29, 0.717) is 29.0 Å². The lowest BCUT2D eigenvalue weighted by Gasteiger charge is -2.09. The van der Waals surface area contributed by atoms with Gasteiger partial charge in [0.05, 0.1) is 11.3 Å². The average molecular weight is 383 g/mol. The molecule has 3 rings (SSSR count). The summed E-state index contributed by atoms with van der Waals surface area (Å²) in [5, 5.41) is 2.79. The summed E-state index contributed by atoms with van der Waals surface area (Å²) in [6, 6.07) is 12.4. The van der Waals surface area contributed by atoms with E-state index in [1.807, 2.05) is 12.1 Å². The molecule has 6 heteroatoms. The van der Waals surface area contributed by atoms with Crippen molar-refractivity contribution in [2.24, 2.45) is 0 Å². The van der Waals surface area contributed by atoms with Gasteiger partial charge in [-0.15, -0.1) is 11.8 Å². The first-order valence-corrected chi connectivity index (χ1v) is 9.91. The highest BCUT2D eigenvalue weighted by Crippen LogP contribution is 2.31. The predicted octanol–water partition coefficient (Wildman–Crippen LogP) is 4.11. The van der Waals surface area contributed by atoms with Crippen molar-refractivity contribution < 1.29 is 19.1 Å².